The lowest BCUT2D eigenvalue weighted by Gasteiger charge is -2.23. The zero-order chi connectivity index (χ0) is 16.8. The molecule has 0 spiro atoms. The average Bonchev–Trinajstić information content (AvgIpc) is 2.95. The maximum Gasteiger partial charge on any atom is 0.246 e. The second-order valence-electron chi connectivity index (χ2n) is 5.53. The Balaban J connectivity index is 2.02. The van der Waals surface area contributed by atoms with E-state index in [2.05, 4.69) is 15.5 Å². The summed E-state index contributed by atoms with van der Waals surface area (Å²) < 4.78 is 5.13. The summed E-state index contributed by atoms with van der Waals surface area (Å²) in [5.74, 6) is 1.66. The van der Waals surface area contributed by atoms with Crippen LogP contribution in [0.3, 0.4) is 0 Å². The summed E-state index contributed by atoms with van der Waals surface area (Å²) in [6.07, 6.45) is 1.97. The van der Waals surface area contributed by atoms with Crippen molar-refractivity contribution in [1.29, 1.82) is 0 Å². The third-order valence-electron chi connectivity index (χ3n) is 3.36. The number of carbonyl (C=O) groups excluding carboxylic acids is 1. The molecule has 0 unspecified atom stereocenters. The van der Waals surface area contributed by atoms with Crippen LogP contribution in [0.2, 0.25) is 0 Å². The summed E-state index contributed by atoms with van der Waals surface area (Å²) >= 11 is 1.62. The van der Waals surface area contributed by atoms with Gasteiger partial charge in [0.2, 0.25) is 11.8 Å². The number of carbonyl (C=O) groups is 1. The zero-order valence-electron chi connectivity index (χ0n) is 13.9. The van der Waals surface area contributed by atoms with Crippen molar-refractivity contribution in [2.45, 2.75) is 25.3 Å². The van der Waals surface area contributed by atoms with Gasteiger partial charge in [-0.3, -0.25) is 9.69 Å². The van der Waals surface area contributed by atoms with Crippen molar-refractivity contribution in [1.82, 2.24) is 20.4 Å². The van der Waals surface area contributed by atoms with Crippen LogP contribution in [-0.4, -0.2) is 41.3 Å². The molecule has 1 aromatic heterocycles. The van der Waals surface area contributed by atoms with Crippen molar-refractivity contribution in [3.05, 3.63) is 47.1 Å². The summed E-state index contributed by atoms with van der Waals surface area (Å²) in [5.41, 5.74) is 2.12. The number of hydrogen-bond donors (Lipinski definition) is 1. The molecule has 0 aliphatic heterocycles. The van der Waals surface area contributed by atoms with Crippen LogP contribution in [0, 0.1) is 6.92 Å². The number of thioether (sulfide) groups is 1. The first-order valence-corrected chi connectivity index (χ1v) is 8.71. The fraction of sp³-hybridized carbons (Fsp3) is 0.438. The van der Waals surface area contributed by atoms with Gasteiger partial charge >= 0.3 is 0 Å². The van der Waals surface area contributed by atoms with E-state index >= 15 is 0 Å². The van der Waals surface area contributed by atoms with Crippen molar-refractivity contribution in [3.63, 3.8) is 0 Å². The number of nitrogens with zero attached hydrogens (tertiary/aromatic N) is 3. The summed E-state index contributed by atoms with van der Waals surface area (Å²) in [7, 11) is 3.76. The number of hydrogen-bond acceptors (Lipinski definition) is 6. The number of benzene rings is 1. The molecular weight excluding hydrogens is 312 g/mol. The molecule has 1 heterocycles. The highest BCUT2D eigenvalue weighted by molar-refractivity contribution is 7.97. The summed E-state index contributed by atoms with van der Waals surface area (Å²) in [5, 5.41) is 6.73. The van der Waals surface area contributed by atoms with Gasteiger partial charge in [0.05, 0.1) is 12.3 Å². The number of likely N-dealkylation sites (N-methyl/N-ethyl adjacent to an activating group) is 1. The molecule has 2 aromatic rings. The van der Waals surface area contributed by atoms with E-state index in [1.54, 1.807) is 11.8 Å². The van der Waals surface area contributed by atoms with Gasteiger partial charge in [-0.25, -0.2) is 0 Å². The van der Waals surface area contributed by atoms with Crippen molar-refractivity contribution in [2.24, 2.45) is 0 Å². The third-order valence-corrected chi connectivity index (χ3v) is 3.90. The minimum atomic E-state index is -0.357. The van der Waals surface area contributed by atoms with Crippen LogP contribution in [0.25, 0.3) is 0 Å². The van der Waals surface area contributed by atoms with Crippen LogP contribution in [0.4, 0.5) is 0 Å². The lowest BCUT2D eigenvalue weighted by molar-refractivity contribution is -0.126. The Morgan fingerprint density at radius 1 is 1.35 bits per heavy atom. The standard InChI is InChI=1S/C16H22N4O2S/c1-11-5-7-12(8-6-11)15(20(2)3)16(21)17-9-14-18-13(10-23-4)19-22-14/h5-8,15H,9-10H2,1-4H3,(H,17,21)/t15-/m0/s1. The molecule has 1 atom stereocenters. The molecule has 0 aliphatic carbocycles. The molecule has 0 saturated heterocycles. The van der Waals surface area contributed by atoms with E-state index in [4.69, 9.17) is 4.52 Å². The van der Waals surface area contributed by atoms with Gasteiger partial charge in [-0.2, -0.15) is 16.7 Å². The highest BCUT2D eigenvalue weighted by atomic mass is 32.2. The quantitative estimate of drug-likeness (QED) is 0.837. The number of nitrogens with one attached hydrogen (secondary N) is 1. The second-order valence-corrected chi connectivity index (χ2v) is 6.40. The first-order valence-electron chi connectivity index (χ1n) is 7.32. The lowest BCUT2D eigenvalue weighted by atomic mass is 10.0. The van der Waals surface area contributed by atoms with Crippen LogP contribution in [0.5, 0.6) is 0 Å². The predicted octanol–water partition coefficient (Wildman–Crippen LogP) is 2.16. The third kappa shape index (κ3) is 4.80. The Kier molecular flexibility index (Phi) is 6.18. The van der Waals surface area contributed by atoms with E-state index in [0.29, 0.717) is 17.5 Å². The van der Waals surface area contributed by atoms with Gasteiger partial charge in [-0.1, -0.05) is 35.0 Å². The van der Waals surface area contributed by atoms with Crippen LogP contribution in [-0.2, 0) is 17.1 Å². The number of aryl methyl sites for hydroxylation is 1. The maximum atomic E-state index is 12.5. The van der Waals surface area contributed by atoms with E-state index in [1.165, 1.54) is 5.56 Å². The van der Waals surface area contributed by atoms with Crippen LogP contribution < -0.4 is 5.32 Å². The molecule has 0 bridgehead atoms. The largest absolute Gasteiger partial charge is 0.345 e. The molecule has 0 fully saturated rings. The van der Waals surface area contributed by atoms with Gasteiger partial charge in [0.15, 0.2) is 5.82 Å². The Morgan fingerprint density at radius 3 is 2.65 bits per heavy atom. The van der Waals surface area contributed by atoms with E-state index in [0.717, 1.165) is 5.56 Å². The topological polar surface area (TPSA) is 71.3 Å². The van der Waals surface area contributed by atoms with Crippen molar-refractivity contribution < 1.29 is 9.32 Å². The highest BCUT2D eigenvalue weighted by Gasteiger charge is 2.23. The van der Waals surface area contributed by atoms with E-state index in [9.17, 15) is 4.79 Å². The SMILES string of the molecule is CSCc1noc(CNC(=O)[C@H](c2ccc(C)cc2)N(C)C)n1. The van der Waals surface area contributed by atoms with Crippen molar-refractivity contribution in [2.75, 3.05) is 20.4 Å². The Morgan fingerprint density at radius 2 is 2.04 bits per heavy atom. The van der Waals surface area contributed by atoms with Gasteiger partial charge in [0.1, 0.15) is 6.04 Å². The molecule has 0 saturated carbocycles. The normalized spacial score (nSPS) is 12.4. The molecule has 23 heavy (non-hydrogen) atoms. The van der Waals surface area contributed by atoms with Gasteiger partial charge in [0, 0.05) is 0 Å². The molecule has 1 aromatic carbocycles. The summed E-state index contributed by atoms with van der Waals surface area (Å²) in [6, 6.07) is 7.60. The first kappa shape index (κ1) is 17.5. The average molecular weight is 334 g/mol. The molecule has 2 rings (SSSR count). The molecule has 124 valence electrons. The Hall–Kier alpha value is -1.86. The molecule has 6 nitrogen and oxygen atoms in total. The maximum absolute atomic E-state index is 12.5. The fourth-order valence-corrected chi connectivity index (χ4v) is 2.62. The zero-order valence-corrected chi connectivity index (χ0v) is 14.7. The minimum Gasteiger partial charge on any atom is -0.345 e. The molecule has 0 radical (unpaired) electrons. The lowest BCUT2D eigenvalue weighted by Crippen LogP contribution is -2.36. The van der Waals surface area contributed by atoms with Crippen LogP contribution in [0.1, 0.15) is 28.9 Å². The molecule has 7 heteroatoms. The monoisotopic (exact) mass is 334 g/mol. The van der Waals surface area contributed by atoms with E-state index in [-0.39, 0.29) is 18.5 Å². The van der Waals surface area contributed by atoms with E-state index in [1.807, 2.05) is 56.4 Å². The number of rotatable bonds is 7. The van der Waals surface area contributed by atoms with Gasteiger partial charge in [-0.15, -0.1) is 0 Å². The van der Waals surface area contributed by atoms with Crippen molar-refractivity contribution >= 4 is 17.7 Å². The minimum absolute atomic E-state index is 0.0940. The Labute approximate surface area is 140 Å². The highest BCUT2D eigenvalue weighted by Crippen LogP contribution is 2.19. The molecular formula is C16H22N4O2S. The molecule has 0 aliphatic rings. The van der Waals surface area contributed by atoms with E-state index < -0.39 is 0 Å². The fourth-order valence-electron chi connectivity index (χ4n) is 2.24. The van der Waals surface area contributed by atoms with Crippen molar-refractivity contribution in [3.8, 4) is 0 Å². The molecule has 1 N–H and O–H groups in total. The summed E-state index contributed by atoms with van der Waals surface area (Å²) in [6.45, 7) is 2.26. The molecule has 1 amide bonds. The smallest absolute Gasteiger partial charge is 0.246 e. The summed E-state index contributed by atoms with van der Waals surface area (Å²) in [4.78, 5) is 18.6. The van der Waals surface area contributed by atoms with Gasteiger partial charge in [-0.05, 0) is 32.8 Å². The second kappa shape index (κ2) is 8.12. The predicted molar refractivity (Wildman–Crippen MR) is 91.0 cm³/mol. The number of aromatic nitrogens is 2. The first-order chi connectivity index (χ1) is 11.0. The van der Waals surface area contributed by atoms with Gasteiger partial charge < -0.3 is 9.84 Å². The number of amides is 1. The Bertz CT molecular complexity index is 640. The van der Waals surface area contributed by atoms with Gasteiger partial charge in [0.25, 0.3) is 0 Å². The van der Waals surface area contributed by atoms with Crippen LogP contribution >= 0.6 is 11.8 Å². The van der Waals surface area contributed by atoms with Crippen LogP contribution in [0.15, 0.2) is 28.8 Å².